The molecule has 0 unspecified atom stereocenters. The fourth-order valence-corrected chi connectivity index (χ4v) is 9.08. The lowest BCUT2D eigenvalue weighted by Gasteiger charge is -2.33. The number of fused-ring (bicyclic) bond motifs is 1. The molecule has 15 heteroatoms. The molecule has 0 atom stereocenters. The summed E-state index contributed by atoms with van der Waals surface area (Å²) in [6.07, 6.45) is 1.91. The standard InChI is InChI=1S/C22H27ClN4O5S4.ClH/c1-25(2)13-14-27(22-24-20-16(33-22)5-4-6-17(20)35(3,29)30)21(28)15-9-11-26(12-10-15)36(31,32)19-8-7-18(23)34-19;/h4-8,15H,9-14H2,1-3H3;1H. The van der Waals surface area contributed by atoms with E-state index in [1.807, 2.05) is 19.0 Å². The Balaban J connectivity index is 0.00000380. The van der Waals surface area contributed by atoms with Gasteiger partial charge in [0.25, 0.3) is 10.0 Å². The predicted octanol–water partition coefficient (Wildman–Crippen LogP) is 3.83. The Morgan fingerprint density at radius 1 is 1.08 bits per heavy atom. The highest BCUT2D eigenvalue weighted by molar-refractivity contribution is 7.91. The van der Waals surface area contributed by atoms with E-state index in [4.69, 9.17) is 11.6 Å². The van der Waals surface area contributed by atoms with Crippen molar-refractivity contribution < 1.29 is 21.6 Å². The topological polar surface area (TPSA) is 108 Å². The van der Waals surface area contributed by atoms with Crippen LogP contribution in [0.3, 0.4) is 0 Å². The largest absolute Gasteiger partial charge is 0.308 e. The number of anilines is 1. The summed E-state index contributed by atoms with van der Waals surface area (Å²) in [5, 5.41) is 0.441. The first kappa shape index (κ1) is 30.2. The number of para-hydroxylation sites is 1. The zero-order chi connectivity index (χ0) is 26.3. The molecule has 0 bridgehead atoms. The molecule has 0 spiro atoms. The molecule has 1 aliphatic heterocycles. The van der Waals surface area contributed by atoms with E-state index >= 15 is 0 Å². The molecular weight excluding hydrogens is 599 g/mol. The fourth-order valence-electron chi connectivity index (χ4n) is 4.05. The van der Waals surface area contributed by atoms with Gasteiger partial charge in [-0.3, -0.25) is 9.69 Å². The lowest BCUT2D eigenvalue weighted by molar-refractivity contribution is -0.123. The first-order chi connectivity index (χ1) is 16.9. The number of piperidine rings is 1. The molecule has 9 nitrogen and oxygen atoms in total. The minimum atomic E-state index is -3.65. The summed E-state index contributed by atoms with van der Waals surface area (Å²) >= 11 is 8.22. The number of thiazole rings is 1. The van der Waals surface area contributed by atoms with Gasteiger partial charge in [0.05, 0.1) is 13.9 Å². The lowest BCUT2D eigenvalue weighted by atomic mass is 9.96. The van der Waals surface area contributed by atoms with Gasteiger partial charge in [-0.25, -0.2) is 21.8 Å². The smallest absolute Gasteiger partial charge is 0.252 e. The summed E-state index contributed by atoms with van der Waals surface area (Å²) in [7, 11) is -3.33. The van der Waals surface area contributed by atoms with Gasteiger partial charge in [-0.2, -0.15) is 4.31 Å². The van der Waals surface area contributed by atoms with Crippen LogP contribution in [0.15, 0.2) is 39.4 Å². The van der Waals surface area contributed by atoms with Crippen molar-refractivity contribution in [2.45, 2.75) is 21.9 Å². The van der Waals surface area contributed by atoms with E-state index < -0.39 is 19.9 Å². The monoisotopic (exact) mass is 626 g/mol. The molecule has 0 saturated carbocycles. The van der Waals surface area contributed by atoms with Gasteiger partial charge in [-0.05, 0) is 51.2 Å². The minimum Gasteiger partial charge on any atom is -0.308 e. The van der Waals surface area contributed by atoms with Crippen LogP contribution in [0.5, 0.6) is 0 Å². The number of nitrogens with zero attached hydrogens (tertiary/aromatic N) is 4. The number of carbonyl (C=O) groups excluding carboxylic acids is 1. The Kier molecular flexibility index (Phi) is 9.66. The first-order valence-electron chi connectivity index (χ1n) is 11.2. The third-order valence-electron chi connectivity index (χ3n) is 5.98. The maximum absolute atomic E-state index is 13.7. The summed E-state index contributed by atoms with van der Waals surface area (Å²) < 4.78 is 53.1. The van der Waals surface area contributed by atoms with Gasteiger partial charge in [0, 0.05) is 38.4 Å². The number of aromatic nitrogens is 1. The second-order valence-electron chi connectivity index (χ2n) is 8.90. The normalized spacial score (nSPS) is 15.7. The molecule has 4 rings (SSSR count). The van der Waals surface area contributed by atoms with Crippen molar-refractivity contribution in [1.82, 2.24) is 14.2 Å². The minimum absolute atomic E-state index is 0. The number of sulfonamides is 1. The van der Waals surface area contributed by atoms with Crippen LogP contribution < -0.4 is 4.90 Å². The SMILES string of the molecule is CN(C)CCN(C(=O)C1CCN(S(=O)(=O)c2ccc(Cl)s2)CC1)c1nc2c(S(C)(=O)=O)cccc2s1.Cl. The van der Waals surface area contributed by atoms with Crippen LogP contribution in [0.1, 0.15) is 12.8 Å². The van der Waals surface area contributed by atoms with Crippen molar-refractivity contribution in [3.8, 4) is 0 Å². The molecule has 37 heavy (non-hydrogen) atoms. The highest BCUT2D eigenvalue weighted by atomic mass is 35.5. The fraction of sp³-hybridized carbons (Fsp3) is 0.455. The van der Waals surface area contributed by atoms with E-state index in [1.165, 1.54) is 27.8 Å². The number of carbonyl (C=O) groups is 1. The number of amides is 1. The van der Waals surface area contributed by atoms with E-state index in [1.54, 1.807) is 23.1 Å². The van der Waals surface area contributed by atoms with Crippen molar-refractivity contribution in [3.63, 3.8) is 0 Å². The molecule has 204 valence electrons. The van der Waals surface area contributed by atoms with Crippen LogP contribution in [0.4, 0.5) is 5.13 Å². The second-order valence-corrected chi connectivity index (χ2v) is 15.8. The predicted molar refractivity (Wildman–Crippen MR) is 152 cm³/mol. The molecule has 1 aromatic carbocycles. The summed E-state index contributed by atoms with van der Waals surface area (Å²) in [5.41, 5.74) is 0.359. The molecule has 2 aromatic heterocycles. The maximum Gasteiger partial charge on any atom is 0.252 e. The van der Waals surface area contributed by atoms with Crippen molar-refractivity contribution in [2.75, 3.05) is 51.4 Å². The van der Waals surface area contributed by atoms with Crippen LogP contribution in [-0.2, 0) is 24.7 Å². The molecule has 3 heterocycles. The highest BCUT2D eigenvalue weighted by Crippen LogP contribution is 2.35. The number of hydrogen-bond acceptors (Lipinski definition) is 9. The molecule has 1 amide bonds. The van der Waals surface area contributed by atoms with Gasteiger partial charge in [0.2, 0.25) is 5.91 Å². The van der Waals surface area contributed by atoms with Crippen LogP contribution >= 0.6 is 46.7 Å². The van der Waals surface area contributed by atoms with Crippen LogP contribution in [-0.4, -0.2) is 83.5 Å². The zero-order valence-electron chi connectivity index (χ0n) is 20.5. The number of rotatable bonds is 8. The van der Waals surface area contributed by atoms with Gasteiger partial charge in [-0.1, -0.05) is 29.0 Å². The van der Waals surface area contributed by atoms with Crippen molar-refractivity contribution >= 4 is 87.8 Å². The average molecular weight is 628 g/mol. The third kappa shape index (κ3) is 6.64. The number of thiophene rings is 1. The van der Waals surface area contributed by atoms with E-state index in [9.17, 15) is 21.6 Å². The Morgan fingerprint density at radius 2 is 1.76 bits per heavy atom. The Morgan fingerprint density at radius 3 is 2.32 bits per heavy atom. The number of benzene rings is 1. The van der Waals surface area contributed by atoms with E-state index in [2.05, 4.69) is 4.98 Å². The quantitative estimate of drug-likeness (QED) is 0.374. The summed E-state index contributed by atoms with van der Waals surface area (Å²) in [6, 6.07) is 8.04. The molecular formula is C22H28Cl2N4O5S4. The Bertz CT molecular complexity index is 1480. The van der Waals surface area contributed by atoms with Crippen molar-refractivity contribution in [2.24, 2.45) is 5.92 Å². The van der Waals surface area contributed by atoms with E-state index in [0.717, 1.165) is 17.6 Å². The first-order valence-corrected chi connectivity index (χ1v) is 16.5. The van der Waals surface area contributed by atoms with Crippen molar-refractivity contribution in [3.05, 3.63) is 34.7 Å². The van der Waals surface area contributed by atoms with Gasteiger partial charge in [-0.15, -0.1) is 23.7 Å². The molecule has 1 saturated heterocycles. The zero-order valence-corrected chi connectivity index (χ0v) is 25.3. The van der Waals surface area contributed by atoms with Crippen LogP contribution in [0.2, 0.25) is 4.34 Å². The second kappa shape index (κ2) is 11.8. The molecule has 0 radical (unpaired) electrons. The number of hydrogen-bond donors (Lipinski definition) is 0. The number of halogens is 2. The molecule has 1 fully saturated rings. The highest BCUT2D eigenvalue weighted by Gasteiger charge is 2.35. The molecule has 1 aliphatic rings. The summed E-state index contributed by atoms with van der Waals surface area (Å²) in [6.45, 7) is 1.43. The summed E-state index contributed by atoms with van der Waals surface area (Å²) in [5.74, 6) is -0.500. The maximum atomic E-state index is 13.7. The lowest BCUT2D eigenvalue weighted by Crippen LogP contribution is -2.45. The van der Waals surface area contributed by atoms with Gasteiger partial charge in [0.1, 0.15) is 9.73 Å². The third-order valence-corrected chi connectivity index (χ3v) is 11.8. The Hall–Kier alpha value is -1.32. The van der Waals surface area contributed by atoms with Crippen LogP contribution in [0, 0.1) is 5.92 Å². The van der Waals surface area contributed by atoms with E-state index in [-0.39, 0.29) is 46.4 Å². The molecule has 0 N–H and O–H groups in total. The number of likely N-dealkylation sites (N-methyl/N-ethyl adjacent to an activating group) is 1. The van der Waals surface area contributed by atoms with Gasteiger partial charge < -0.3 is 4.90 Å². The Labute approximate surface area is 236 Å². The van der Waals surface area contributed by atoms with Gasteiger partial charge in [0.15, 0.2) is 15.0 Å². The molecule has 3 aromatic rings. The van der Waals surface area contributed by atoms with E-state index in [0.29, 0.717) is 45.6 Å². The van der Waals surface area contributed by atoms with Gasteiger partial charge >= 0.3 is 0 Å². The number of sulfone groups is 1. The molecule has 0 aliphatic carbocycles. The summed E-state index contributed by atoms with van der Waals surface area (Å²) in [4.78, 5) is 22.0. The average Bonchev–Trinajstić information content (AvgIpc) is 3.44. The van der Waals surface area contributed by atoms with Crippen molar-refractivity contribution in [1.29, 1.82) is 0 Å². The van der Waals surface area contributed by atoms with Crippen LogP contribution in [0.25, 0.3) is 10.2 Å².